The summed E-state index contributed by atoms with van der Waals surface area (Å²) in [4.78, 5) is 21.8. The van der Waals surface area contributed by atoms with Gasteiger partial charge in [0.2, 0.25) is 5.91 Å². The summed E-state index contributed by atoms with van der Waals surface area (Å²) in [7, 11) is 0. The molecule has 5 N–H and O–H groups in total. The van der Waals surface area contributed by atoms with Crippen LogP contribution in [0.15, 0.2) is 0 Å². The van der Waals surface area contributed by atoms with Crippen molar-refractivity contribution < 1.29 is 19.8 Å². The topological polar surface area (TPSA) is 113 Å². The van der Waals surface area contributed by atoms with E-state index in [2.05, 4.69) is 19.2 Å². The fourth-order valence-corrected chi connectivity index (χ4v) is 1.73. The van der Waals surface area contributed by atoms with E-state index >= 15 is 0 Å². The number of aliphatic hydroxyl groups excluding tert-OH is 1. The number of hydrogen-bond acceptors (Lipinski definition) is 4. The molecule has 0 aromatic rings. The molecule has 0 saturated carbocycles. The molecule has 0 fully saturated rings. The first kappa shape index (κ1) is 16.9. The van der Waals surface area contributed by atoms with E-state index < -0.39 is 12.1 Å². The summed E-state index contributed by atoms with van der Waals surface area (Å²) in [6.45, 7) is 4.53. The van der Waals surface area contributed by atoms with Crippen LogP contribution < -0.4 is 11.1 Å². The number of hydrogen-bond donors (Lipinski definition) is 4. The first-order valence-corrected chi connectivity index (χ1v) is 6.26. The Kier molecular flexibility index (Phi) is 8.32. The lowest BCUT2D eigenvalue weighted by atomic mass is 9.88. The molecule has 2 unspecified atom stereocenters. The van der Waals surface area contributed by atoms with Gasteiger partial charge in [-0.05, 0) is 31.2 Å². The summed E-state index contributed by atoms with van der Waals surface area (Å²) in [6, 6.07) is 0. The Morgan fingerprint density at radius 3 is 2.33 bits per heavy atom. The minimum atomic E-state index is -1.54. The van der Waals surface area contributed by atoms with Crippen LogP contribution in [-0.2, 0) is 9.59 Å². The van der Waals surface area contributed by atoms with Crippen molar-refractivity contribution in [3.8, 4) is 0 Å². The highest BCUT2D eigenvalue weighted by Crippen LogP contribution is 2.20. The Bertz CT molecular complexity index is 269. The van der Waals surface area contributed by atoms with Gasteiger partial charge >= 0.3 is 5.97 Å². The van der Waals surface area contributed by atoms with Gasteiger partial charge in [-0.25, -0.2) is 4.79 Å². The third kappa shape index (κ3) is 7.24. The molecule has 2 atom stereocenters. The number of carboxylic acids is 1. The number of carboxylic acid groups (broad SMARTS) is 1. The normalized spacial score (nSPS) is 14.3. The SMILES string of the molecule is CC(C)C(CCN)CCC(=O)NCC(O)C(=O)O. The van der Waals surface area contributed by atoms with E-state index in [4.69, 9.17) is 15.9 Å². The maximum atomic E-state index is 11.5. The largest absolute Gasteiger partial charge is 0.479 e. The van der Waals surface area contributed by atoms with Crippen LogP contribution in [0.5, 0.6) is 0 Å². The van der Waals surface area contributed by atoms with Gasteiger partial charge in [-0.15, -0.1) is 0 Å². The van der Waals surface area contributed by atoms with E-state index in [1.807, 2.05) is 0 Å². The van der Waals surface area contributed by atoms with Gasteiger partial charge in [0.1, 0.15) is 0 Å². The molecule has 0 spiro atoms. The number of amides is 1. The van der Waals surface area contributed by atoms with Crippen LogP contribution >= 0.6 is 0 Å². The van der Waals surface area contributed by atoms with Gasteiger partial charge in [-0.3, -0.25) is 4.79 Å². The highest BCUT2D eigenvalue weighted by molar-refractivity contribution is 5.77. The highest BCUT2D eigenvalue weighted by Gasteiger charge is 2.16. The maximum Gasteiger partial charge on any atom is 0.334 e. The molecule has 0 bridgehead atoms. The Hall–Kier alpha value is -1.14. The lowest BCUT2D eigenvalue weighted by Gasteiger charge is -2.19. The Morgan fingerprint density at radius 1 is 1.28 bits per heavy atom. The number of rotatable bonds is 9. The molecule has 106 valence electrons. The summed E-state index contributed by atoms with van der Waals surface area (Å²) in [5, 5.41) is 19.8. The van der Waals surface area contributed by atoms with E-state index in [9.17, 15) is 9.59 Å². The summed E-state index contributed by atoms with van der Waals surface area (Å²) >= 11 is 0. The van der Waals surface area contributed by atoms with E-state index in [1.54, 1.807) is 0 Å². The molecule has 0 aromatic heterocycles. The van der Waals surface area contributed by atoms with Crippen molar-refractivity contribution >= 4 is 11.9 Å². The minimum Gasteiger partial charge on any atom is -0.479 e. The van der Waals surface area contributed by atoms with Crippen LogP contribution in [0.1, 0.15) is 33.1 Å². The van der Waals surface area contributed by atoms with Gasteiger partial charge in [-0.1, -0.05) is 13.8 Å². The molecular formula is C12H24N2O4. The van der Waals surface area contributed by atoms with Gasteiger partial charge in [0.15, 0.2) is 6.10 Å². The van der Waals surface area contributed by atoms with Gasteiger partial charge in [0, 0.05) is 6.42 Å². The highest BCUT2D eigenvalue weighted by atomic mass is 16.4. The number of carbonyl (C=O) groups is 2. The molecule has 0 rings (SSSR count). The summed E-state index contributed by atoms with van der Waals surface area (Å²) in [6.07, 6.45) is 0.390. The third-order valence-electron chi connectivity index (χ3n) is 3.00. The average Bonchev–Trinajstić information content (AvgIpc) is 2.30. The molecule has 6 heteroatoms. The molecule has 0 heterocycles. The van der Waals surface area contributed by atoms with Crippen LogP contribution in [-0.4, -0.2) is 41.3 Å². The lowest BCUT2D eigenvalue weighted by Crippen LogP contribution is -2.36. The molecular weight excluding hydrogens is 236 g/mol. The quantitative estimate of drug-likeness (QED) is 0.464. The van der Waals surface area contributed by atoms with Crippen LogP contribution in [0.4, 0.5) is 0 Å². The van der Waals surface area contributed by atoms with E-state index in [0.717, 1.165) is 12.8 Å². The standard InChI is InChI=1S/C12H24N2O4/c1-8(2)9(5-6-13)3-4-11(16)14-7-10(15)12(17)18/h8-10,15H,3-7,13H2,1-2H3,(H,14,16)(H,17,18). The molecule has 6 nitrogen and oxygen atoms in total. The molecule has 0 aliphatic heterocycles. The second-order valence-electron chi connectivity index (χ2n) is 4.78. The monoisotopic (exact) mass is 260 g/mol. The molecule has 18 heavy (non-hydrogen) atoms. The Morgan fingerprint density at radius 2 is 1.89 bits per heavy atom. The van der Waals surface area contributed by atoms with Crippen molar-refractivity contribution in [2.24, 2.45) is 17.6 Å². The lowest BCUT2D eigenvalue weighted by molar-refractivity contribution is -0.146. The smallest absolute Gasteiger partial charge is 0.334 e. The zero-order valence-corrected chi connectivity index (χ0v) is 11.1. The molecule has 0 radical (unpaired) electrons. The number of aliphatic carboxylic acids is 1. The second-order valence-corrected chi connectivity index (χ2v) is 4.78. The zero-order valence-electron chi connectivity index (χ0n) is 11.1. The van der Waals surface area contributed by atoms with Gasteiger partial charge < -0.3 is 21.3 Å². The van der Waals surface area contributed by atoms with Gasteiger partial charge in [-0.2, -0.15) is 0 Å². The molecule has 0 saturated heterocycles. The summed E-state index contributed by atoms with van der Waals surface area (Å²) in [5.41, 5.74) is 5.51. The maximum absolute atomic E-state index is 11.5. The van der Waals surface area contributed by atoms with E-state index in [1.165, 1.54) is 0 Å². The van der Waals surface area contributed by atoms with Crippen LogP contribution in [0.2, 0.25) is 0 Å². The first-order valence-electron chi connectivity index (χ1n) is 6.26. The van der Waals surface area contributed by atoms with Crippen molar-refractivity contribution in [1.82, 2.24) is 5.32 Å². The second kappa shape index (κ2) is 8.88. The van der Waals surface area contributed by atoms with Crippen LogP contribution in [0.25, 0.3) is 0 Å². The third-order valence-corrected chi connectivity index (χ3v) is 3.00. The number of carbonyl (C=O) groups excluding carboxylic acids is 1. The molecule has 0 aromatic carbocycles. The fourth-order valence-electron chi connectivity index (χ4n) is 1.73. The minimum absolute atomic E-state index is 0.238. The predicted molar refractivity (Wildman–Crippen MR) is 67.9 cm³/mol. The predicted octanol–water partition coefficient (Wildman–Crippen LogP) is -0.0507. The van der Waals surface area contributed by atoms with Crippen molar-refractivity contribution in [3.05, 3.63) is 0 Å². The van der Waals surface area contributed by atoms with E-state index in [-0.39, 0.29) is 12.5 Å². The van der Waals surface area contributed by atoms with Gasteiger partial charge in [0.05, 0.1) is 6.54 Å². The molecule has 0 aliphatic carbocycles. The first-order chi connectivity index (χ1) is 8.38. The van der Waals surface area contributed by atoms with Crippen LogP contribution in [0, 0.1) is 11.8 Å². The summed E-state index contributed by atoms with van der Waals surface area (Å²) in [5.74, 6) is -0.715. The van der Waals surface area contributed by atoms with Gasteiger partial charge in [0.25, 0.3) is 0 Å². The average molecular weight is 260 g/mol. The fraction of sp³-hybridized carbons (Fsp3) is 0.833. The van der Waals surface area contributed by atoms with Crippen molar-refractivity contribution in [1.29, 1.82) is 0 Å². The van der Waals surface area contributed by atoms with E-state index in [0.29, 0.717) is 24.8 Å². The summed E-state index contributed by atoms with van der Waals surface area (Å²) < 4.78 is 0. The van der Waals surface area contributed by atoms with Crippen LogP contribution in [0.3, 0.4) is 0 Å². The number of nitrogens with one attached hydrogen (secondary N) is 1. The Balaban J connectivity index is 3.90. The molecule has 0 aliphatic rings. The Labute approximate surface area is 108 Å². The number of nitrogens with two attached hydrogens (primary N) is 1. The van der Waals surface area contributed by atoms with Crippen molar-refractivity contribution in [3.63, 3.8) is 0 Å². The molecule has 1 amide bonds. The zero-order chi connectivity index (χ0) is 14.1. The van der Waals surface area contributed by atoms with Crippen molar-refractivity contribution in [2.75, 3.05) is 13.1 Å². The van der Waals surface area contributed by atoms with Crippen molar-refractivity contribution in [2.45, 2.75) is 39.2 Å². The number of aliphatic hydroxyl groups is 1.